The SMILES string of the molecule is COc1cc(C(C)=O)ccc1OCC(=O)NC(C)C. The highest BCUT2D eigenvalue weighted by atomic mass is 16.5. The number of hydrogen-bond acceptors (Lipinski definition) is 4. The summed E-state index contributed by atoms with van der Waals surface area (Å²) >= 11 is 0. The third-order valence-electron chi connectivity index (χ3n) is 2.38. The van der Waals surface area contributed by atoms with Crippen LogP contribution in [0.25, 0.3) is 0 Å². The van der Waals surface area contributed by atoms with Crippen LogP contribution >= 0.6 is 0 Å². The molecule has 0 aliphatic rings. The van der Waals surface area contributed by atoms with Gasteiger partial charge in [0.1, 0.15) is 0 Å². The normalized spacial score (nSPS) is 10.2. The van der Waals surface area contributed by atoms with Crippen LogP contribution in [0.15, 0.2) is 18.2 Å². The Morgan fingerprint density at radius 3 is 2.47 bits per heavy atom. The predicted octanol–water partition coefficient (Wildman–Crippen LogP) is 1.80. The fourth-order valence-corrected chi connectivity index (χ4v) is 1.51. The van der Waals surface area contributed by atoms with Crippen molar-refractivity contribution in [3.05, 3.63) is 23.8 Å². The van der Waals surface area contributed by atoms with Gasteiger partial charge in [-0.1, -0.05) is 0 Å². The molecule has 1 amide bonds. The van der Waals surface area contributed by atoms with Gasteiger partial charge in [-0.3, -0.25) is 9.59 Å². The van der Waals surface area contributed by atoms with Crippen LogP contribution in [-0.2, 0) is 4.79 Å². The Balaban J connectivity index is 2.73. The van der Waals surface area contributed by atoms with Gasteiger partial charge in [-0.05, 0) is 39.0 Å². The van der Waals surface area contributed by atoms with Crippen molar-refractivity contribution in [1.29, 1.82) is 0 Å². The van der Waals surface area contributed by atoms with E-state index in [1.165, 1.54) is 14.0 Å². The fraction of sp³-hybridized carbons (Fsp3) is 0.429. The number of amides is 1. The van der Waals surface area contributed by atoms with E-state index in [1.54, 1.807) is 18.2 Å². The standard InChI is InChI=1S/C14H19NO4/c1-9(2)15-14(17)8-19-12-6-5-11(10(3)16)7-13(12)18-4/h5-7,9H,8H2,1-4H3,(H,15,17). The lowest BCUT2D eigenvalue weighted by molar-refractivity contribution is -0.123. The van der Waals surface area contributed by atoms with E-state index < -0.39 is 0 Å². The van der Waals surface area contributed by atoms with Crippen LogP contribution in [0.4, 0.5) is 0 Å². The van der Waals surface area contributed by atoms with Crippen molar-refractivity contribution in [3.63, 3.8) is 0 Å². The van der Waals surface area contributed by atoms with E-state index in [0.717, 1.165) is 0 Å². The largest absolute Gasteiger partial charge is 0.493 e. The average molecular weight is 265 g/mol. The summed E-state index contributed by atoms with van der Waals surface area (Å²) in [5.74, 6) is 0.617. The van der Waals surface area contributed by atoms with Crippen LogP contribution in [0.2, 0.25) is 0 Å². The monoisotopic (exact) mass is 265 g/mol. The van der Waals surface area contributed by atoms with Crippen LogP contribution in [-0.4, -0.2) is 31.4 Å². The first-order chi connectivity index (χ1) is 8.93. The number of methoxy groups -OCH3 is 1. The molecule has 1 aromatic rings. The van der Waals surface area contributed by atoms with Crippen LogP contribution in [0, 0.1) is 0 Å². The highest BCUT2D eigenvalue weighted by molar-refractivity contribution is 5.94. The summed E-state index contributed by atoms with van der Waals surface area (Å²) in [5, 5.41) is 2.72. The van der Waals surface area contributed by atoms with Gasteiger partial charge in [-0.2, -0.15) is 0 Å². The Morgan fingerprint density at radius 1 is 1.26 bits per heavy atom. The van der Waals surface area contributed by atoms with E-state index in [0.29, 0.717) is 17.1 Å². The molecule has 0 heterocycles. The summed E-state index contributed by atoms with van der Waals surface area (Å²) in [6.07, 6.45) is 0. The van der Waals surface area contributed by atoms with Crippen molar-refractivity contribution in [2.45, 2.75) is 26.8 Å². The molecule has 0 aromatic heterocycles. The van der Waals surface area contributed by atoms with E-state index in [4.69, 9.17) is 9.47 Å². The zero-order valence-corrected chi connectivity index (χ0v) is 11.6. The van der Waals surface area contributed by atoms with Crippen molar-refractivity contribution in [2.24, 2.45) is 0 Å². The van der Waals surface area contributed by atoms with Crippen LogP contribution in [0.5, 0.6) is 11.5 Å². The summed E-state index contributed by atoms with van der Waals surface area (Å²) in [4.78, 5) is 22.7. The van der Waals surface area contributed by atoms with Gasteiger partial charge in [0.15, 0.2) is 23.9 Å². The lowest BCUT2D eigenvalue weighted by atomic mass is 10.1. The molecule has 5 heteroatoms. The maximum absolute atomic E-state index is 11.5. The molecule has 0 spiro atoms. The summed E-state index contributed by atoms with van der Waals surface area (Å²) in [6.45, 7) is 5.14. The van der Waals surface area contributed by atoms with Gasteiger partial charge in [-0.15, -0.1) is 0 Å². The van der Waals surface area contributed by atoms with E-state index >= 15 is 0 Å². The van der Waals surface area contributed by atoms with Gasteiger partial charge in [-0.25, -0.2) is 0 Å². The first-order valence-electron chi connectivity index (χ1n) is 6.05. The van der Waals surface area contributed by atoms with Crippen LogP contribution in [0.1, 0.15) is 31.1 Å². The van der Waals surface area contributed by atoms with Gasteiger partial charge >= 0.3 is 0 Å². The molecule has 1 aromatic carbocycles. The Morgan fingerprint density at radius 2 is 1.95 bits per heavy atom. The maximum Gasteiger partial charge on any atom is 0.258 e. The first-order valence-corrected chi connectivity index (χ1v) is 6.05. The Labute approximate surface area is 112 Å². The molecule has 0 bridgehead atoms. The van der Waals surface area contributed by atoms with Gasteiger partial charge < -0.3 is 14.8 Å². The Bertz CT molecular complexity index is 469. The number of ketones is 1. The molecule has 19 heavy (non-hydrogen) atoms. The minimum Gasteiger partial charge on any atom is -0.493 e. The molecule has 0 fully saturated rings. The molecule has 0 atom stereocenters. The molecular formula is C14H19NO4. The lowest BCUT2D eigenvalue weighted by Crippen LogP contribution is -2.34. The number of benzene rings is 1. The van der Waals surface area contributed by atoms with E-state index in [2.05, 4.69) is 5.32 Å². The van der Waals surface area contributed by atoms with E-state index in [9.17, 15) is 9.59 Å². The third-order valence-corrected chi connectivity index (χ3v) is 2.38. The Hall–Kier alpha value is -2.04. The number of nitrogens with one attached hydrogen (secondary N) is 1. The zero-order chi connectivity index (χ0) is 14.4. The molecule has 104 valence electrons. The molecule has 1 N–H and O–H groups in total. The number of carbonyl (C=O) groups excluding carboxylic acids is 2. The number of ether oxygens (including phenoxy) is 2. The number of hydrogen-bond donors (Lipinski definition) is 1. The summed E-state index contributed by atoms with van der Waals surface area (Å²) in [7, 11) is 1.49. The Kier molecular flexibility index (Phi) is 5.36. The van der Waals surface area contributed by atoms with Crippen molar-refractivity contribution >= 4 is 11.7 Å². The highest BCUT2D eigenvalue weighted by Gasteiger charge is 2.10. The van der Waals surface area contributed by atoms with E-state index in [1.807, 2.05) is 13.8 Å². The molecule has 0 radical (unpaired) electrons. The quantitative estimate of drug-likeness (QED) is 0.797. The second kappa shape index (κ2) is 6.78. The second-order valence-corrected chi connectivity index (χ2v) is 4.43. The molecule has 5 nitrogen and oxygen atoms in total. The van der Waals surface area contributed by atoms with Gasteiger partial charge in [0, 0.05) is 11.6 Å². The number of carbonyl (C=O) groups is 2. The van der Waals surface area contributed by atoms with Gasteiger partial charge in [0.2, 0.25) is 0 Å². The molecule has 0 unspecified atom stereocenters. The van der Waals surface area contributed by atoms with Gasteiger partial charge in [0.05, 0.1) is 7.11 Å². The van der Waals surface area contributed by atoms with Crippen LogP contribution in [0.3, 0.4) is 0 Å². The maximum atomic E-state index is 11.5. The molecule has 0 aliphatic carbocycles. The predicted molar refractivity (Wildman–Crippen MR) is 71.8 cm³/mol. The summed E-state index contributed by atoms with van der Waals surface area (Å²) in [6, 6.07) is 4.93. The smallest absolute Gasteiger partial charge is 0.258 e. The zero-order valence-electron chi connectivity index (χ0n) is 11.6. The highest BCUT2D eigenvalue weighted by Crippen LogP contribution is 2.28. The number of Topliss-reactive ketones (excluding diaryl/α,β-unsaturated/α-hetero) is 1. The first kappa shape index (κ1) is 15.0. The summed E-state index contributed by atoms with van der Waals surface area (Å²) < 4.78 is 10.5. The third kappa shape index (κ3) is 4.62. The molecule has 0 saturated carbocycles. The minimum absolute atomic E-state index is 0.0533. The minimum atomic E-state index is -0.201. The number of rotatable bonds is 6. The van der Waals surface area contributed by atoms with Crippen molar-refractivity contribution < 1.29 is 19.1 Å². The molecule has 1 rings (SSSR count). The molecular weight excluding hydrogens is 246 g/mol. The van der Waals surface area contributed by atoms with Crippen molar-refractivity contribution in [2.75, 3.05) is 13.7 Å². The molecule has 0 aliphatic heterocycles. The topological polar surface area (TPSA) is 64.6 Å². The lowest BCUT2D eigenvalue weighted by Gasteiger charge is -2.12. The van der Waals surface area contributed by atoms with Crippen molar-refractivity contribution in [3.8, 4) is 11.5 Å². The van der Waals surface area contributed by atoms with E-state index in [-0.39, 0.29) is 24.3 Å². The van der Waals surface area contributed by atoms with Crippen LogP contribution < -0.4 is 14.8 Å². The summed E-state index contributed by atoms with van der Waals surface area (Å²) in [5.41, 5.74) is 0.538. The fourth-order valence-electron chi connectivity index (χ4n) is 1.51. The second-order valence-electron chi connectivity index (χ2n) is 4.43. The molecule has 0 saturated heterocycles. The van der Waals surface area contributed by atoms with Crippen molar-refractivity contribution in [1.82, 2.24) is 5.32 Å². The average Bonchev–Trinajstić information content (AvgIpc) is 2.35. The van der Waals surface area contributed by atoms with Gasteiger partial charge in [0.25, 0.3) is 5.91 Å².